The van der Waals surface area contributed by atoms with Crippen molar-refractivity contribution in [1.82, 2.24) is 0 Å². The Hall–Kier alpha value is -2.23. The molecule has 0 aliphatic heterocycles. The summed E-state index contributed by atoms with van der Waals surface area (Å²) < 4.78 is 9.85. The Bertz CT molecular complexity index is 539. The standard InChI is InChI=1S/C13H12NO3/c1-2-6-11-12(17-13(15)16-11)9-14-10-7-4-3-5-8-10/h2,4-5,7-8,14H,1,6,9H2. The topological polar surface area (TPSA) is 55.4 Å². The predicted molar refractivity (Wildman–Crippen MR) is 63.7 cm³/mol. The summed E-state index contributed by atoms with van der Waals surface area (Å²) in [6, 6.07) is 10.3. The molecule has 4 heteroatoms. The molecule has 0 aliphatic rings. The van der Waals surface area contributed by atoms with Crippen LogP contribution in [0.25, 0.3) is 0 Å². The number of allylic oxidation sites excluding steroid dienone is 1. The van der Waals surface area contributed by atoms with Crippen molar-refractivity contribution in [3.63, 3.8) is 0 Å². The van der Waals surface area contributed by atoms with Gasteiger partial charge in [-0.1, -0.05) is 18.2 Å². The van der Waals surface area contributed by atoms with Gasteiger partial charge in [0, 0.05) is 12.1 Å². The Morgan fingerprint density at radius 3 is 2.71 bits per heavy atom. The van der Waals surface area contributed by atoms with Crippen molar-refractivity contribution in [2.24, 2.45) is 0 Å². The molecule has 0 fully saturated rings. The highest BCUT2D eigenvalue weighted by atomic mass is 16.6. The molecule has 0 aliphatic carbocycles. The van der Waals surface area contributed by atoms with Crippen LogP contribution in [0.15, 0.2) is 50.5 Å². The van der Waals surface area contributed by atoms with E-state index >= 15 is 0 Å². The quantitative estimate of drug-likeness (QED) is 0.801. The van der Waals surface area contributed by atoms with E-state index in [4.69, 9.17) is 8.83 Å². The van der Waals surface area contributed by atoms with Gasteiger partial charge in [-0.2, -0.15) is 0 Å². The van der Waals surface area contributed by atoms with Crippen molar-refractivity contribution in [2.75, 3.05) is 5.32 Å². The molecule has 1 N–H and O–H groups in total. The van der Waals surface area contributed by atoms with Crippen LogP contribution in [-0.2, 0) is 13.0 Å². The third-order valence-electron chi connectivity index (χ3n) is 2.23. The van der Waals surface area contributed by atoms with Crippen LogP contribution in [-0.4, -0.2) is 0 Å². The van der Waals surface area contributed by atoms with Gasteiger partial charge in [-0.05, 0) is 18.2 Å². The molecule has 1 heterocycles. The summed E-state index contributed by atoms with van der Waals surface area (Å²) >= 11 is 0. The van der Waals surface area contributed by atoms with Gasteiger partial charge >= 0.3 is 5.82 Å². The number of benzene rings is 1. The van der Waals surface area contributed by atoms with Crippen molar-refractivity contribution in [2.45, 2.75) is 13.0 Å². The molecular weight excluding hydrogens is 218 g/mol. The summed E-state index contributed by atoms with van der Waals surface area (Å²) in [5, 5.41) is 3.13. The van der Waals surface area contributed by atoms with Gasteiger partial charge in [0.15, 0.2) is 11.5 Å². The second kappa shape index (κ2) is 5.21. The maximum Gasteiger partial charge on any atom is 0.519 e. The molecule has 0 unspecified atom stereocenters. The van der Waals surface area contributed by atoms with Gasteiger partial charge in [-0.15, -0.1) is 6.58 Å². The number of anilines is 1. The van der Waals surface area contributed by atoms with Crippen molar-refractivity contribution < 1.29 is 8.83 Å². The molecule has 2 rings (SSSR count). The zero-order chi connectivity index (χ0) is 12.1. The molecule has 17 heavy (non-hydrogen) atoms. The second-order valence-electron chi connectivity index (χ2n) is 3.44. The Labute approximate surface area is 98.6 Å². The first kappa shape index (κ1) is 11.3. The maximum atomic E-state index is 11.0. The van der Waals surface area contributed by atoms with Crippen LogP contribution >= 0.6 is 0 Å². The predicted octanol–water partition coefficient (Wildman–Crippen LogP) is 2.37. The maximum absolute atomic E-state index is 11.0. The highest BCUT2D eigenvalue weighted by Gasteiger charge is 2.10. The Morgan fingerprint density at radius 1 is 1.29 bits per heavy atom. The van der Waals surface area contributed by atoms with E-state index in [0.717, 1.165) is 5.69 Å². The molecular formula is C13H12NO3. The fourth-order valence-corrected chi connectivity index (χ4v) is 1.44. The average Bonchev–Trinajstić information content (AvgIpc) is 2.69. The van der Waals surface area contributed by atoms with Gasteiger partial charge in [0.1, 0.15) is 0 Å². The van der Waals surface area contributed by atoms with Crippen LogP contribution in [0.5, 0.6) is 0 Å². The Balaban J connectivity index is 2.08. The minimum absolute atomic E-state index is 0.402. The van der Waals surface area contributed by atoms with Crippen molar-refractivity contribution >= 4 is 5.69 Å². The molecule has 1 aromatic carbocycles. The summed E-state index contributed by atoms with van der Waals surface area (Å²) in [5.41, 5.74) is 0.928. The Morgan fingerprint density at radius 2 is 2.00 bits per heavy atom. The van der Waals surface area contributed by atoms with Gasteiger partial charge < -0.3 is 14.2 Å². The molecule has 0 saturated heterocycles. The fraction of sp³-hybridized carbons (Fsp3) is 0.154. The van der Waals surface area contributed by atoms with Crippen LogP contribution in [0.2, 0.25) is 0 Å². The zero-order valence-electron chi connectivity index (χ0n) is 9.23. The van der Waals surface area contributed by atoms with Crippen LogP contribution in [0.1, 0.15) is 11.5 Å². The first-order valence-electron chi connectivity index (χ1n) is 5.22. The number of hydrogen-bond donors (Lipinski definition) is 1. The molecule has 87 valence electrons. The van der Waals surface area contributed by atoms with Crippen molar-refractivity contribution in [3.05, 3.63) is 65.1 Å². The molecule has 1 radical (unpaired) electrons. The van der Waals surface area contributed by atoms with Crippen molar-refractivity contribution in [3.8, 4) is 0 Å². The lowest BCUT2D eigenvalue weighted by atomic mass is 10.2. The summed E-state index contributed by atoms with van der Waals surface area (Å²) in [6.45, 7) is 4.00. The fourth-order valence-electron chi connectivity index (χ4n) is 1.44. The number of hydrogen-bond acceptors (Lipinski definition) is 4. The minimum atomic E-state index is -0.681. The van der Waals surface area contributed by atoms with Crippen LogP contribution < -0.4 is 11.1 Å². The Kier molecular flexibility index (Phi) is 3.45. The minimum Gasteiger partial charge on any atom is -0.395 e. The molecule has 0 saturated carbocycles. The zero-order valence-corrected chi connectivity index (χ0v) is 9.23. The number of rotatable bonds is 5. The lowest BCUT2D eigenvalue weighted by molar-refractivity contribution is 0.368. The van der Waals surface area contributed by atoms with Gasteiger partial charge in [0.2, 0.25) is 0 Å². The summed E-state index contributed by atoms with van der Waals surface area (Å²) in [7, 11) is 0. The van der Waals surface area contributed by atoms with E-state index in [1.807, 2.05) is 12.1 Å². The molecule has 4 nitrogen and oxygen atoms in total. The highest BCUT2D eigenvalue weighted by Crippen LogP contribution is 2.12. The smallest absolute Gasteiger partial charge is 0.395 e. The molecule has 0 atom stereocenters. The van der Waals surface area contributed by atoms with Crippen molar-refractivity contribution in [1.29, 1.82) is 0 Å². The van der Waals surface area contributed by atoms with Gasteiger partial charge in [-0.3, -0.25) is 0 Å². The largest absolute Gasteiger partial charge is 0.519 e. The summed E-state index contributed by atoms with van der Waals surface area (Å²) in [4.78, 5) is 11.0. The van der Waals surface area contributed by atoms with E-state index < -0.39 is 5.82 Å². The highest BCUT2D eigenvalue weighted by molar-refractivity contribution is 5.42. The van der Waals surface area contributed by atoms with E-state index in [-0.39, 0.29) is 0 Å². The van der Waals surface area contributed by atoms with Gasteiger partial charge in [-0.25, -0.2) is 4.79 Å². The van der Waals surface area contributed by atoms with E-state index in [9.17, 15) is 4.79 Å². The lowest BCUT2D eigenvalue weighted by Crippen LogP contribution is -2.00. The first-order chi connectivity index (χ1) is 8.29. The second-order valence-corrected chi connectivity index (χ2v) is 3.44. The summed E-state index contributed by atoms with van der Waals surface area (Å²) in [6.07, 6.45) is 2.14. The SMILES string of the molecule is C=CCc1oc(=O)oc1CNc1cc[c]cc1. The monoisotopic (exact) mass is 230 g/mol. The average molecular weight is 230 g/mol. The first-order valence-corrected chi connectivity index (χ1v) is 5.22. The lowest BCUT2D eigenvalue weighted by Gasteiger charge is -2.03. The molecule has 0 amide bonds. The van der Waals surface area contributed by atoms with E-state index in [1.54, 1.807) is 18.2 Å². The normalized spacial score (nSPS) is 10.1. The third kappa shape index (κ3) is 2.87. The van der Waals surface area contributed by atoms with Crippen LogP contribution in [0.4, 0.5) is 5.69 Å². The third-order valence-corrected chi connectivity index (χ3v) is 2.23. The molecule has 0 spiro atoms. The molecule has 0 bridgehead atoms. The summed E-state index contributed by atoms with van der Waals surface area (Å²) in [5.74, 6) is 0.336. The molecule has 1 aromatic heterocycles. The van der Waals surface area contributed by atoms with Gasteiger partial charge in [0.25, 0.3) is 0 Å². The van der Waals surface area contributed by atoms with Gasteiger partial charge in [0.05, 0.1) is 6.54 Å². The van der Waals surface area contributed by atoms with Crippen LogP contribution in [0, 0.1) is 6.07 Å². The van der Waals surface area contributed by atoms with E-state index in [2.05, 4.69) is 18.0 Å². The number of nitrogens with one attached hydrogen (secondary N) is 1. The van der Waals surface area contributed by atoms with E-state index in [1.165, 1.54) is 0 Å². The molecule has 2 aromatic rings. The van der Waals surface area contributed by atoms with Crippen LogP contribution in [0.3, 0.4) is 0 Å². The van der Waals surface area contributed by atoms with E-state index in [0.29, 0.717) is 24.5 Å².